The van der Waals surface area contributed by atoms with Crippen molar-refractivity contribution >= 4 is 14.5 Å². The maximum Gasteiger partial charge on any atom is 0.133 e. The number of aromatic nitrogens is 2. The molecule has 0 radical (unpaired) electrons. The lowest BCUT2D eigenvalue weighted by atomic mass is 10.2. The Labute approximate surface area is 84.1 Å². The van der Waals surface area contributed by atoms with Crippen LogP contribution < -0.4 is 5.30 Å². The first-order valence-corrected chi connectivity index (χ1v) is 4.70. The van der Waals surface area contributed by atoms with Gasteiger partial charge in [0.25, 0.3) is 0 Å². The van der Waals surface area contributed by atoms with Gasteiger partial charge >= 0.3 is 0 Å². The molecule has 1 unspecified atom stereocenters. The molecule has 2 aromatic rings. The maximum atomic E-state index is 9.06. The molecule has 0 amide bonds. The fourth-order valence-corrected chi connectivity index (χ4v) is 1.27. The van der Waals surface area contributed by atoms with Crippen LogP contribution in [0.15, 0.2) is 36.7 Å². The van der Waals surface area contributed by atoms with E-state index in [2.05, 4.69) is 19.2 Å². The third-order valence-electron chi connectivity index (χ3n) is 1.80. The third-order valence-corrected chi connectivity index (χ3v) is 2.14. The van der Waals surface area contributed by atoms with Gasteiger partial charge < -0.3 is 5.11 Å². The zero-order valence-electron chi connectivity index (χ0n) is 7.38. The summed E-state index contributed by atoms with van der Waals surface area (Å²) in [4.78, 5) is 8.27. The van der Waals surface area contributed by atoms with Gasteiger partial charge in [0.05, 0.1) is 17.6 Å². The van der Waals surface area contributed by atoms with Crippen molar-refractivity contribution in [3.05, 3.63) is 36.7 Å². The van der Waals surface area contributed by atoms with Gasteiger partial charge in [0, 0.05) is 6.20 Å². The van der Waals surface area contributed by atoms with E-state index in [-0.39, 0.29) is 5.75 Å². The summed E-state index contributed by atoms with van der Waals surface area (Å²) in [5.41, 5.74) is 1.56. The molecule has 14 heavy (non-hydrogen) atoms. The van der Waals surface area contributed by atoms with Gasteiger partial charge in [-0.2, -0.15) is 0 Å². The van der Waals surface area contributed by atoms with E-state index >= 15 is 0 Å². The van der Waals surface area contributed by atoms with Gasteiger partial charge in [-0.3, -0.25) is 9.97 Å². The Morgan fingerprint density at radius 1 is 0.929 bits per heavy atom. The first-order chi connectivity index (χ1) is 6.75. The lowest BCUT2D eigenvalue weighted by Gasteiger charge is -1.99. The molecule has 0 saturated heterocycles. The summed E-state index contributed by atoms with van der Waals surface area (Å²) in [7, 11) is 2.57. The molecule has 1 N–H and O–H groups in total. The Morgan fingerprint density at radius 2 is 1.57 bits per heavy atom. The lowest BCUT2D eigenvalue weighted by Crippen LogP contribution is -1.93. The molecule has 3 nitrogen and oxygen atoms in total. The highest BCUT2D eigenvalue weighted by atomic mass is 31.0. The van der Waals surface area contributed by atoms with Gasteiger partial charge in [-0.15, -0.1) is 9.24 Å². The van der Waals surface area contributed by atoms with E-state index in [1.54, 1.807) is 18.3 Å². The van der Waals surface area contributed by atoms with Crippen molar-refractivity contribution in [1.29, 1.82) is 0 Å². The van der Waals surface area contributed by atoms with Gasteiger partial charge in [0.15, 0.2) is 0 Å². The van der Waals surface area contributed by atoms with E-state index in [1.807, 2.05) is 12.1 Å². The summed E-state index contributed by atoms with van der Waals surface area (Å²) in [5.74, 6) is 0.163. The van der Waals surface area contributed by atoms with Crippen LogP contribution in [0.2, 0.25) is 0 Å². The number of pyridine rings is 2. The maximum absolute atomic E-state index is 9.06. The molecule has 0 aliphatic carbocycles. The van der Waals surface area contributed by atoms with Crippen LogP contribution >= 0.6 is 9.24 Å². The molecule has 1 atom stereocenters. The molecule has 0 fully saturated rings. The van der Waals surface area contributed by atoms with Crippen LogP contribution in [0.25, 0.3) is 11.4 Å². The quantitative estimate of drug-likeness (QED) is 0.713. The second kappa shape index (κ2) is 3.72. The number of hydrogen-bond acceptors (Lipinski definition) is 3. The van der Waals surface area contributed by atoms with E-state index in [9.17, 15) is 0 Å². The van der Waals surface area contributed by atoms with E-state index < -0.39 is 0 Å². The van der Waals surface area contributed by atoms with Crippen LogP contribution in [-0.2, 0) is 0 Å². The SMILES string of the molecule is Oc1ccc(-c2ccc(P)cn2)nc1. The number of aromatic hydroxyl groups is 1. The van der Waals surface area contributed by atoms with Crippen molar-refractivity contribution in [2.75, 3.05) is 0 Å². The van der Waals surface area contributed by atoms with E-state index in [0.29, 0.717) is 0 Å². The molecule has 0 spiro atoms. The van der Waals surface area contributed by atoms with Gasteiger partial charge in [0.2, 0.25) is 0 Å². The van der Waals surface area contributed by atoms with Crippen LogP contribution in [0.4, 0.5) is 0 Å². The minimum Gasteiger partial charge on any atom is -0.506 e. The fraction of sp³-hybridized carbons (Fsp3) is 0. The summed E-state index contributed by atoms with van der Waals surface area (Å²) in [6, 6.07) is 7.17. The summed E-state index contributed by atoms with van der Waals surface area (Å²) >= 11 is 0. The van der Waals surface area contributed by atoms with Crippen molar-refractivity contribution < 1.29 is 5.11 Å². The van der Waals surface area contributed by atoms with Crippen LogP contribution in [0, 0.1) is 0 Å². The Morgan fingerprint density at radius 3 is 2.07 bits per heavy atom. The van der Waals surface area contributed by atoms with Crippen LogP contribution in [0.1, 0.15) is 0 Å². The summed E-state index contributed by atoms with van der Waals surface area (Å²) in [5, 5.41) is 10.1. The molecule has 0 aliphatic rings. The molecule has 2 heterocycles. The number of nitrogens with zero attached hydrogens (tertiary/aromatic N) is 2. The molecule has 4 heteroatoms. The minimum absolute atomic E-state index is 0.163. The minimum atomic E-state index is 0.163. The zero-order valence-corrected chi connectivity index (χ0v) is 8.54. The first-order valence-electron chi connectivity index (χ1n) is 4.12. The molecular formula is C10H9N2OP. The first kappa shape index (κ1) is 9.10. The highest BCUT2D eigenvalue weighted by Gasteiger charge is 1.99. The van der Waals surface area contributed by atoms with Crippen molar-refractivity contribution in [1.82, 2.24) is 9.97 Å². The molecule has 2 rings (SSSR count). The van der Waals surface area contributed by atoms with E-state index in [1.165, 1.54) is 6.20 Å². The fourth-order valence-electron chi connectivity index (χ4n) is 1.09. The predicted molar refractivity (Wildman–Crippen MR) is 58.5 cm³/mol. The smallest absolute Gasteiger partial charge is 0.133 e. The standard InChI is InChI=1S/C10H9N2OP/c13-7-1-3-9(11-5-7)10-4-2-8(14)6-12-10/h1-6,13H,14H2. The van der Waals surface area contributed by atoms with E-state index in [4.69, 9.17) is 5.11 Å². The van der Waals surface area contributed by atoms with Crippen LogP contribution in [-0.4, -0.2) is 15.1 Å². The predicted octanol–water partition coefficient (Wildman–Crippen LogP) is 1.35. The monoisotopic (exact) mass is 204 g/mol. The topological polar surface area (TPSA) is 46.0 Å². The summed E-state index contributed by atoms with van der Waals surface area (Å²) in [6.45, 7) is 0. The van der Waals surface area contributed by atoms with Crippen molar-refractivity contribution in [2.45, 2.75) is 0 Å². The molecule has 0 aliphatic heterocycles. The Balaban J connectivity index is 2.40. The van der Waals surface area contributed by atoms with Gasteiger partial charge in [0.1, 0.15) is 5.75 Å². The van der Waals surface area contributed by atoms with E-state index in [0.717, 1.165) is 16.7 Å². The Hall–Kier alpha value is -1.47. The number of rotatable bonds is 1. The summed E-state index contributed by atoms with van der Waals surface area (Å²) in [6.07, 6.45) is 3.17. The second-order valence-electron chi connectivity index (χ2n) is 2.88. The highest BCUT2D eigenvalue weighted by Crippen LogP contribution is 2.15. The van der Waals surface area contributed by atoms with Gasteiger partial charge in [-0.1, -0.05) is 6.07 Å². The van der Waals surface area contributed by atoms with Crippen molar-refractivity contribution in [3.63, 3.8) is 0 Å². The van der Waals surface area contributed by atoms with Crippen molar-refractivity contribution in [3.8, 4) is 17.1 Å². The summed E-state index contributed by atoms with van der Waals surface area (Å²) < 4.78 is 0. The average molecular weight is 204 g/mol. The molecule has 0 aromatic carbocycles. The molecule has 0 saturated carbocycles. The molecule has 2 aromatic heterocycles. The largest absolute Gasteiger partial charge is 0.506 e. The molecule has 70 valence electrons. The zero-order chi connectivity index (χ0) is 9.97. The van der Waals surface area contributed by atoms with Gasteiger partial charge in [-0.05, 0) is 23.5 Å². The molecular weight excluding hydrogens is 195 g/mol. The van der Waals surface area contributed by atoms with Crippen LogP contribution in [0.3, 0.4) is 0 Å². The third kappa shape index (κ3) is 1.88. The average Bonchev–Trinajstić information content (AvgIpc) is 2.21. The van der Waals surface area contributed by atoms with Crippen molar-refractivity contribution in [2.24, 2.45) is 0 Å². The highest BCUT2D eigenvalue weighted by molar-refractivity contribution is 7.27. The normalized spacial score (nSPS) is 10.1. The number of hydrogen-bond donors (Lipinski definition) is 1. The van der Waals surface area contributed by atoms with Gasteiger partial charge in [-0.25, -0.2) is 0 Å². The molecule has 0 bridgehead atoms. The lowest BCUT2D eigenvalue weighted by molar-refractivity contribution is 0.473. The Kier molecular flexibility index (Phi) is 2.42. The Bertz CT molecular complexity index is 381. The van der Waals surface area contributed by atoms with Crippen LogP contribution in [0.5, 0.6) is 5.75 Å². The second-order valence-corrected chi connectivity index (χ2v) is 3.55.